The van der Waals surface area contributed by atoms with E-state index in [2.05, 4.69) is 24.2 Å². The second-order valence-corrected chi connectivity index (χ2v) is 6.20. The topological polar surface area (TPSA) is 24.4 Å². The van der Waals surface area contributed by atoms with Crippen LogP contribution in [0, 0.1) is 17.6 Å². The second kappa shape index (κ2) is 7.07. The monoisotopic (exact) mass is 298 g/mol. The van der Waals surface area contributed by atoms with Gasteiger partial charge in [0.25, 0.3) is 0 Å². The highest BCUT2D eigenvalue weighted by molar-refractivity contribution is 8.14. The van der Waals surface area contributed by atoms with Crippen LogP contribution in [-0.2, 0) is 6.54 Å². The van der Waals surface area contributed by atoms with Crippen LogP contribution in [0.15, 0.2) is 23.2 Å². The number of aliphatic imine (C=N–C) groups is 1. The van der Waals surface area contributed by atoms with Crippen LogP contribution in [0.3, 0.4) is 0 Å². The molecule has 1 N–H and O–H groups in total. The van der Waals surface area contributed by atoms with Crippen LogP contribution in [0.25, 0.3) is 0 Å². The lowest BCUT2D eigenvalue weighted by Gasteiger charge is -2.18. The predicted molar refractivity (Wildman–Crippen MR) is 81.0 cm³/mol. The largest absolute Gasteiger partial charge is 0.361 e. The van der Waals surface area contributed by atoms with Gasteiger partial charge in [0.2, 0.25) is 0 Å². The number of rotatable bonds is 5. The minimum absolute atomic E-state index is 0.341. The number of nitrogens with one attached hydrogen (secondary N) is 1. The molecular weight excluding hydrogens is 278 g/mol. The number of benzene rings is 1. The van der Waals surface area contributed by atoms with Gasteiger partial charge in [-0.1, -0.05) is 44.5 Å². The Labute approximate surface area is 123 Å². The SMILES string of the molecule is CCC(CC)C1CN=C(NCc2ccc(F)cc2F)S1. The third-order valence-corrected chi connectivity index (χ3v) is 5.03. The smallest absolute Gasteiger partial charge is 0.157 e. The van der Waals surface area contributed by atoms with Crippen LogP contribution in [0.4, 0.5) is 8.78 Å². The Morgan fingerprint density at radius 3 is 2.75 bits per heavy atom. The molecule has 1 aliphatic heterocycles. The average Bonchev–Trinajstić information content (AvgIpc) is 2.88. The maximum Gasteiger partial charge on any atom is 0.157 e. The van der Waals surface area contributed by atoms with Crippen molar-refractivity contribution in [2.75, 3.05) is 6.54 Å². The van der Waals surface area contributed by atoms with Crippen molar-refractivity contribution in [3.63, 3.8) is 0 Å². The van der Waals surface area contributed by atoms with E-state index < -0.39 is 11.6 Å². The minimum atomic E-state index is -0.548. The van der Waals surface area contributed by atoms with Crippen LogP contribution >= 0.6 is 11.8 Å². The van der Waals surface area contributed by atoms with E-state index in [-0.39, 0.29) is 0 Å². The summed E-state index contributed by atoms with van der Waals surface area (Å²) in [6.45, 7) is 5.57. The predicted octanol–water partition coefficient (Wildman–Crippen LogP) is 3.96. The van der Waals surface area contributed by atoms with E-state index in [4.69, 9.17) is 0 Å². The van der Waals surface area contributed by atoms with Gasteiger partial charge < -0.3 is 5.32 Å². The molecule has 0 bridgehead atoms. The van der Waals surface area contributed by atoms with E-state index in [1.54, 1.807) is 11.8 Å². The molecular formula is C15H20F2N2S. The van der Waals surface area contributed by atoms with Crippen LogP contribution in [-0.4, -0.2) is 17.0 Å². The van der Waals surface area contributed by atoms with E-state index >= 15 is 0 Å². The summed E-state index contributed by atoms with van der Waals surface area (Å²) in [4.78, 5) is 4.47. The first-order valence-corrected chi connectivity index (χ1v) is 7.90. The van der Waals surface area contributed by atoms with Crippen LogP contribution in [0.1, 0.15) is 32.3 Å². The highest BCUT2D eigenvalue weighted by atomic mass is 32.2. The molecule has 20 heavy (non-hydrogen) atoms. The van der Waals surface area contributed by atoms with Crippen molar-refractivity contribution in [1.29, 1.82) is 0 Å². The maximum atomic E-state index is 13.5. The van der Waals surface area contributed by atoms with Gasteiger partial charge in [-0.2, -0.15) is 0 Å². The Hall–Kier alpha value is -1.10. The molecule has 1 aromatic carbocycles. The highest BCUT2D eigenvalue weighted by Crippen LogP contribution is 2.30. The van der Waals surface area contributed by atoms with E-state index in [1.165, 1.54) is 12.1 Å². The molecule has 0 amide bonds. The van der Waals surface area contributed by atoms with Gasteiger partial charge in [0.05, 0.1) is 6.54 Å². The highest BCUT2D eigenvalue weighted by Gasteiger charge is 2.25. The molecule has 0 aliphatic carbocycles. The van der Waals surface area contributed by atoms with Crippen molar-refractivity contribution in [3.8, 4) is 0 Å². The summed E-state index contributed by atoms with van der Waals surface area (Å²) in [6.07, 6.45) is 2.31. The minimum Gasteiger partial charge on any atom is -0.361 e. The lowest BCUT2D eigenvalue weighted by Crippen LogP contribution is -2.21. The Balaban J connectivity index is 1.86. The third kappa shape index (κ3) is 3.72. The molecule has 5 heteroatoms. The molecule has 0 saturated heterocycles. The summed E-state index contributed by atoms with van der Waals surface area (Å²) in [6, 6.07) is 3.65. The molecule has 2 rings (SSSR count). The summed E-state index contributed by atoms with van der Waals surface area (Å²) in [5.74, 6) is -0.393. The molecule has 1 unspecified atom stereocenters. The fourth-order valence-electron chi connectivity index (χ4n) is 2.38. The zero-order valence-corrected chi connectivity index (χ0v) is 12.6. The van der Waals surface area contributed by atoms with Gasteiger partial charge in [0, 0.05) is 23.4 Å². The number of nitrogens with zero attached hydrogens (tertiary/aromatic N) is 1. The van der Waals surface area contributed by atoms with Crippen molar-refractivity contribution >= 4 is 16.9 Å². The van der Waals surface area contributed by atoms with Crippen LogP contribution in [0.2, 0.25) is 0 Å². The second-order valence-electron chi connectivity index (χ2n) is 4.97. The quantitative estimate of drug-likeness (QED) is 0.889. The Kier molecular flexibility index (Phi) is 5.40. The van der Waals surface area contributed by atoms with Gasteiger partial charge in [0.1, 0.15) is 11.6 Å². The van der Waals surface area contributed by atoms with Crippen molar-refractivity contribution < 1.29 is 8.78 Å². The zero-order chi connectivity index (χ0) is 14.5. The molecule has 0 radical (unpaired) electrons. The normalized spacial score (nSPS) is 18.4. The number of halogens is 2. The molecule has 0 fully saturated rings. The summed E-state index contributed by atoms with van der Waals surface area (Å²) >= 11 is 1.74. The van der Waals surface area contributed by atoms with Gasteiger partial charge >= 0.3 is 0 Å². The van der Waals surface area contributed by atoms with Gasteiger partial charge in [-0.15, -0.1) is 0 Å². The van der Waals surface area contributed by atoms with Crippen molar-refractivity contribution in [1.82, 2.24) is 5.32 Å². The molecule has 2 nitrogen and oxygen atoms in total. The van der Waals surface area contributed by atoms with E-state index in [0.29, 0.717) is 23.3 Å². The van der Waals surface area contributed by atoms with Gasteiger partial charge in [-0.05, 0) is 12.0 Å². The number of thioether (sulfide) groups is 1. The molecule has 1 heterocycles. The standard InChI is InChI=1S/C15H20F2N2S/c1-3-10(4-2)14-9-19-15(20-14)18-8-11-5-6-12(16)7-13(11)17/h5-7,10,14H,3-4,8-9H2,1-2H3,(H,18,19). The Morgan fingerprint density at radius 2 is 2.10 bits per heavy atom. The fraction of sp³-hybridized carbons (Fsp3) is 0.533. The average molecular weight is 298 g/mol. The summed E-state index contributed by atoms with van der Waals surface area (Å²) in [7, 11) is 0. The van der Waals surface area contributed by atoms with Crippen LogP contribution < -0.4 is 5.32 Å². The van der Waals surface area contributed by atoms with E-state index in [9.17, 15) is 8.78 Å². The lowest BCUT2D eigenvalue weighted by molar-refractivity contribution is 0.479. The Bertz CT molecular complexity index is 487. The first kappa shape index (κ1) is 15.3. The Morgan fingerprint density at radius 1 is 1.35 bits per heavy atom. The first-order chi connectivity index (χ1) is 9.63. The first-order valence-electron chi connectivity index (χ1n) is 7.03. The van der Waals surface area contributed by atoms with Crippen molar-refractivity contribution in [3.05, 3.63) is 35.4 Å². The molecule has 0 saturated carbocycles. The van der Waals surface area contributed by atoms with Gasteiger partial charge in [-0.25, -0.2) is 8.78 Å². The molecule has 0 spiro atoms. The van der Waals surface area contributed by atoms with E-state index in [1.807, 2.05) is 0 Å². The maximum absolute atomic E-state index is 13.5. The summed E-state index contributed by atoms with van der Waals surface area (Å²) < 4.78 is 26.3. The number of amidine groups is 1. The van der Waals surface area contributed by atoms with Gasteiger partial charge in [0.15, 0.2) is 5.17 Å². The van der Waals surface area contributed by atoms with Crippen LogP contribution in [0.5, 0.6) is 0 Å². The lowest BCUT2D eigenvalue weighted by atomic mass is 9.99. The van der Waals surface area contributed by atoms with Crippen molar-refractivity contribution in [2.24, 2.45) is 10.9 Å². The molecule has 110 valence electrons. The molecule has 1 aliphatic rings. The van der Waals surface area contributed by atoms with Crippen molar-refractivity contribution in [2.45, 2.75) is 38.5 Å². The summed E-state index contributed by atoms with van der Waals surface area (Å²) in [5.41, 5.74) is 0.459. The van der Waals surface area contributed by atoms with Gasteiger partial charge in [-0.3, -0.25) is 4.99 Å². The zero-order valence-electron chi connectivity index (χ0n) is 11.8. The number of hydrogen-bond donors (Lipinski definition) is 1. The number of hydrogen-bond acceptors (Lipinski definition) is 3. The fourth-order valence-corrected chi connectivity index (χ4v) is 3.70. The van der Waals surface area contributed by atoms with E-state index in [0.717, 1.165) is 30.6 Å². The molecule has 1 aromatic rings. The molecule has 1 atom stereocenters. The summed E-state index contributed by atoms with van der Waals surface area (Å²) in [5, 5.41) is 4.53. The third-order valence-electron chi connectivity index (χ3n) is 3.70. The molecule has 0 aromatic heterocycles.